The van der Waals surface area contributed by atoms with E-state index in [2.05, 4.69) is 48.8 Å². The first kappa shape index (κ1) is 16.3. The van der Waals surface area contributed by atoms with Crippen LogP contribution in [0.2, 0.25) is 5.28 Å². The molecule has 1 fully saturated rings. The molecule has 5 nitrogen and oxygen atoms in total. The van der Waals surface area contributed by atoms with Gasteiger partial charge in [0.05, 0.1) is 6.54 Å². The van der Waals surface area contributed by atoms with Crippen molar-refractivity contribution < 1.29 is 0 Å². The van der Waals surface area contributed by atoms with E-state index in [1.54, 1.807) is 11.3 Å². The van der Waals surface area contributed by atoms with Crippen molar-refractivity contribution in [3.63, 3.8) is 0 Å². The van der Waals surface area contributed by atoms with Crippen molar-refractivity contribution in [3.8, 4) is 0 Å². The number of hydrogen-bond donors (Lipinski definition) is 2. The average molecular weight is 427 g/mol. The Labute approximate surface area is 157 Å². The molecule has 24 heavy (non-hydrogen) atoms. The van der Waals surface area contributed by atoms with Crippen molar-refractivity contribution >= 4 is 50.2 Å². The maximum absolute atomic E-state index is 6.29. The average Bonchev–Trinajstić information content (AvgIpc) is 3.27. The second-order valence-corrected chi connectivity index (χ2v) is 8.17. The summed E-state index contributed by atoms with van der Waals surface area (Å²) in [5.41, 5.74) is 8.39. The minimum atomic E-state index is 0.199. The minimum absolute atomic E-state index is 0.199. The van der Waals surface area contributed by atoms with Gasteiger partial charge in [-0.15, -0.1) is 16.4 Å². The predicted molar refractivity (Wildman–Crippen MR) is 102 cm³/mol. The summed E-state index contributed by atoms with van der Waals surface area (Å²) in [5.74, 6) is 1.09. The van der Waals surface area contributed by atoms with Gasteiger partial charge in [-0.1, -0.05) is 12.5 Å². The van der Waals surface area contributed by atoms with E-state index in [1.807, 2.05) is 10.6 Å². The molecule has 3 heterocycles. The maximum Gasteiger partial charge on any atom is 0.243 e. The number of rotatable bonds is 4. The third kappa shape index (κ3) is 2.94. The van der Waals surface area contributed by atoms with Crippen molar-refractivity contribution in [2.75, 3.05) is 5.32 Å². The Bertz CT molecular complexity index is 863. The molecule has 1 saturated carbocycles. The SMILES string of the molecule is N[C@H]1CCC[C@@H]1c1cc2c(NCc3cccs3)nc(Cl)nn2c1Br. The molecular formula is C16H17BrClN5S. The van der Waals surface area contributed by atoms with Crippen LogP contribution in [0.1, 0.15) is 35.6 Å². The quantitative estimate of drug-likeness (QED) is 0.648. The largest absolute Gasteiger partial charge is 0.363 e. The van der Waals surface area contributed by atoms with E-state index >= 15 is 0 Å². The van der Waals surface area contributed by atoms with Crippen LogP contribution in [-0.2, 0) is 6.54 Å². The van der Waals surface area contributed by atoms with Gasteiger partial charge in [0, 0.05) is 16.8 Å². The number of aromatic nitrogens is 3. The van der Waals surface area contributed by atoms with E-state index in [0.717, 1.165) is 28.8 Å². The molecule has 126 valence electrons. The van der Waals surface area contributed by atoms with E-state index < -0.39 is 0 Å². The van der Waals surface area contributed by atoms with Gasteiger partial charge >= 0.3 is 0 Å². The number of nitrogens with one attached hydrogen (secondary N) is 1. The van der Waals surface area contributed by atoms with Crippen LogP contribution in [-0.4, -0.2) is 20.6 Å². The van der Waals surface area contributed by atoms with E-state index in [-0.39, 0.29) is 11.3 Å². The van der Waals surface area contributed by atoms with Gasteiger partial charge in [-0.2, -0.15) is 4.98 Å². The number of halogens is 2. The predicted octanol–water partition coefficient (Wildman–Crippen LogP) is 4.41. The lowest BCUT2D eigenvalue weighted by molar-refractivity contribution is 0.609. The van der Waals surface area contributed by atoms with Gasteiger partial charge in [0.1, 0.15) is 10.1 Å². The van der Waals surface area contributed by atoms with Crippen LogP contribution >= 0.6 is 38.9 Å². The summed E-state index contributed by atoms with van der Waals surface area (Å²) in [5, 5.41) is 10.00. The lowest BCUT2D eigenvalue weighted by Gasteiger charge is -2.14. The van der Waals surface area contributed by atoms with Crippen molar-refractivity contribution in [3.05, 3.63) is 43.9 Å². The molecule has 0 spiro atoms. The molecule has 0 radical (unpaired) electrons. The minimum Gasteiger partial charge on any atom is -0.363 e. The van der Waals surface area contributed by atoms with Gasteiger partial charge in [0.2, 0.25) is 5.28 Å². The smallest absolute Gasteiger partial charge is 0.243 e. The van der Waals surface area contributed by atoms with Crippen molar-refractivity contribution in [1.82, 2.24) is 14.6 Å². The zero-order valence-corrected chi connectivity index (χ0v) is 16.0. The van der Waals surface area contributed by atoms with Crippen LogP contribution < -0.4 is 11.1 Å². The number of nitrogens with two attached hydrogens (primary N) is 1. The van der Waals surface area contributed by atoms with Gasteiger partial charge in [-0.05, 0) is 63.4 Å². The topological polar surface area (TPSA) is 68.2 Å². The summed E-state index contributed by atoms with van der Waals surface area (Å²) in [6.45, 7) is 0.710. The number of nitrogens with zero attached hydrogens (tertiary/aromatic N) is 3. The Hall–Kier alpha value is -1.15. The van der Waals surface area contributed by atoms with Crippen molar-refractivity contribution in [2.45, 2.75) is 37.8 Å². The molecule has 2 atom stereocenters. The lowest BCUT2D eigenvalue weighted by atomic mass is 9.97. The highest BCUT2D eigenvalue weighted by Gasteiger charge is 2.29. The fraction of sp³-hybridized carbons (Fsp3) is 0.375. The third-order valence-corrected chi connectivity index (χ3v) is 6.38. The molecule has 0 amide bonds. The number of fused-ring (bicyclic) bond motifs is 1. The summed E-state index contributed by atoms with van der Waals surface area (Å²) in [7, 11) is 0. The number of anilines is 1. The Morgan fingerprint density at radius 1 is 1.46 bits per heavy atom. The van der Waals surface area contributed by atoms with E-state index in [9.17, 15) is 0 Å². The van der Waals surface area contributed by atoms with Crippen LogP contribution in [0, 0.1) is 0 Å². The van der Waals surface area contributed by atoms with Crippen LogP contribution in [0.4, 0.5) is 5.82 Å². The highest BCUT2D eigenvalue weighted by Crippen LogP contribution is 2.39. The second kappa shape index (κ2) is 6.63. The number of thiophene rings is 1. The standard InChI is InChI=1S/C16H17BrClN5S/c17-14-11(10-4-1-5-12(10)19)7-13-15(21-16(18)22-23(13)14)20-8-9-3-2-6-24-9/h2-3,6-7,10,12H,1,4-5,8,19H2,(H,20,21,22)/t10-,12+/m1/s1. The Kier molecular flexibility index (Phi) is 4.51. The van der Waals surface area contributed by atoms with Gasteiger partial charge < -0.3 is 11.1 Å². The first-order valence-electron chi connectivity index (χ1n) is 7.90. The summed E-state index contributed by atoms with van der Waals surface area (Å²) < 4.78 is 2.73. The Balaban J connectivity index is 1.73. The first-order chi connectivity index (χ1) is 11.6. The molecule has 4 rings (SSSR count). The third-order valence-electron chi connectivity index (χ3n) is 4.55. The molecule has 3 aromatic rings. The van der Waals surface area contributed by atoms with Gasteiger partial charge in [0.25, 0.3) is 0 Å². The number of hydrogen-bond acceptors (Lipinski definition) is 5. The molecule has 0 bridgehead atoms. The zero-order valence-electron chi connectivity index (χ0n) is 12.9. The molecule has 0 saturated heterocycles. The van der Waals surface area contributed by atoms with Crippen molar-refractivity contribution in [2.24, 2.45) is 5.73 Å². The molecule has 1 aliphatic rings. The fourth-order valence-corrected chi connectivity index (χ4v) is 4.85. The monoisotopic (exact) mass is 425 g/mol. The molecule has 8 heteroatoms. The summed E-state index contributed by atoms with van der Waals surface area (Å²) in [4.78, 5) is 5.62. The summed E-state index contributed by atoms with van der Waals surface area (Å²) in [6, 6.07) is 6.46. The van der Waals surface area contributed by atoms with Crippen LogP contribution in [0.3, 0.4) is 0 Å². The molecule has 3 aromatic heterocycles. The van der Waals surface area contributed by atoms with Crippen LogP contribution in [0.25, 0.3) is 5.52 Å². The highest BCUT2D eigenvalue weighted by atomic mass is 79.9. The van der Waals surface area contributed by atoms with Crippen LogP contribution in [0.15, 0.2) is 28.2 Å². The van der Waals surface area contributed by atoms with Gasteiger partial charge in [-0.3, -0.25) is 0 Å². The first-order valence-corrected chi connectivity index (χ1v) is 9.95. The van der Waals surface area contributed by atoms with Gasteiger partial charge in [0.15, 0.2) is 5.82 Å². The van der Waals surface area contributed by atoms with E-state index in [1.165, 1.54) is 16.9 Å². The fourth-order valence-electron chi connectivity index (χ4n) is 3.37. The summed E-state index contributed by atoms with van der Waals surface area (Å²) >= 11 is 11.5. The summed E-state index contributed by atoms with van der Waals surface area (Å²) in [6.07, 6.45) is 3.34. The van der Waals surface area contributed by atoms with Crippen molar-refractivity contribution in [1.29, 1.82) is 0 Å². The molecule has 0 aliphatic heterocycles. The van der Waals surface area contributed by atoms with Gasteiger partial charge in [-0.25, -0.2) is 4.52 Å². The highest BCUT2D eigenvalue weighted by molar-refractivity contribution is 9.10. The zero-order chi connectivity index (χ0) is 16.7. The van der Waals surface area contributed by atoms with E-state index in [0.29, 0.717) is 12.5 Å². The molecule has 1 aliphatic carbocycles. The molecule has 3 N–H and O–H groups in total. The molecule has 0 aromatic carbocycles. The maximum atomic E-state index is 6.29. The molecule has 0 unspecified atom stereocenters. The normalized spacial score (nSPS) is 20.8. The lowest BCUT2D eigenvalue weighted by Crippen LogP contribution is -2.22. The van der Waals surface area contributed by atoms with E-state index in [4.69, 9.17) is 17.3 Å². The second-order valence-electron chi connectivity index (χ2n) is 6.05. The Morgan fingerprint density at radius 2 is 2.33 bits per heavy atom. The van der Waals surface area contributed by atoms with Crippen LogP contribution in [0.5, 0.6) is 0 Å². The Morgan fingerprint density at radius 3 is 3.04 bits per heavy atom. The molecular weight excluding hydrogens is 410 g/mol.